The minimum Gasteiger partial charge on any atom is -0.330 e. The molecule has 17 heavy (non-hydrogen) atoms. The van der Waals surface area contributed by atoms with Gasteiger partial charge in [0.15, 0.2) is 0 Å². The molecule has 0 aromatic rings. The zero-order valence-electron chi connectivity index (χ0n) is 11.4. The van der Waals surface area contributed by atoms with E-state index in [1.54, 1.807) is 0 Å². The third kappa shape index (κ3) is 3.67. The molecule has 3 nitrogen and oxygen atoms in total. The second-order valence-corrected chi connectivity index (χ2v) is 5.85. The Hall–Kier alpha value is -0.120. The molecular weight excluding hydrogens is 210 g/mol. The summed E-state index contributed by atoms with van der Waals surface area (Å²) >= 11 is 0. The first kappa shape index (κ1) is 13.3. The molecule has 2 fully saturated rings. The highest BCUT2D eigenvalue weighted by molar-refractivity contribution is 4.85. The smallest absolute Gasteiger partial charge is 0.0111 e. The average Bonchev–Trinajstić information content (AvgIpc) is 2.55. The van der Waals surface area contributed by atoms with E-state index >= 15 is 0 Å². The van der Waals surface area contributed by atoms with E-state index < -0.39 is 0 Å². The second kappa shape index (κ2) is 6.72. The van der Waals surface area contributed by atoms with Gasteiger partial charge in [0, 0.05) is 12.1 Å². The summed E-state index contributed by atoms with van der Waals surface area (Å²) in [7, 11) is 2.26. The van der Waals surface area contributed by atoms with Crippen LogP contribution in [0.4, 0.5) is 0 Å². The lowest BCUT2D eigenvalue weighted by molar-refractivity contribution is 0.0816. The number of hydrogen-bond donors (Lipinski definition) is 1. The number of nitrogens with two attached hydrogens (primary N) is 1. The average molecular weight is 239 g/mol. The van der Waals surface area contributed by atoms with E-state index in [0.717, 1.165) is 18.6 Å². The highest BCUT2D eigenvalue weighted by atomic mass is 15.2. The molecule has 3 heteroatoms. The van der Waals surface area contributed by atoms with Crippen LogP contribution in [0.1, 0.15) is 44.9 Å². The number of nitrogens with zero attached hydrogens (tertiary/aromatic N) is 2. The van der Waals surface area contributed by atoms with Crippen LogP contribution in [0.15, 0.2) is 0 Å². The van der Waals surface area contributed by atoms with Crippen LogP contribution in [-0.2, 0) is 0 Å². The number of hydrogen-bond acceptors (Lipinski definition) is 3. The number of piperidine rings is 1. The molecule has 0 amide bonds. The van der Waals surface area contributed by atoms with Crippen molar-refractivity contribution in [1.82, 2.24) is 9.80 Å². The third-order valence-corrected chi connectivity index (χ3v) is 4.56. The monoisotopic (exact) mass is 239 g/mol. The maximum Gasteiger partial charge on any atom is 0.0111 e. The van der Waals surface area contributed by atoms with E-state index in [1.807, 2.05) is 0 Å². The van der Waals surface area contributed by atoms with Crippen LogP contribution in [0.3, 0.4) is 0 Å². The van der Waals surface area contributed by atoms with Gasteiger partial charge < -0.3 is 10.6 Å². The Labute approximate surface area is 106 Å². The molecule has 2 saturated heterocycles. The highest BCUT2D eigenvalue weighted by Gasteiger charge is 2.29. The Morgan fingerprint density at radius 2 is 1.88 bits per heavy atom. The Morgan fingerprint density at radius 3 is 2.71 bits per heavy atom. The molecule has 2 rings (SSSR count). The van der Waals surface area contributed by atoms with Gasteiger partial charge in [-0.2, -0.15) is 0 Å². The second-order valence-electron chi connectivity index (χ2n) is 5.85. The predicted molar refractivity (Wildman–Crippen MR) is 73.2 cm³/mol. The zero-order chi connectivity index (χ0) is 12.1. The summed E-state index contributed by atoms with van der Waals surface area (Å²) in [6.07, 6.45) is 9.51. The molecule has 2 heterocycles. The third-order valence-electron chi connectivity index (χ3n) is 4.56. The van der Waals surface area contributed by atoms with Gasteiger partial charge in [0.05, 0.1) is 0 Å². The van der Waals surface area contributed by atoms with Gasteiger partial charge in [-0.25, -0.2) is 0 Å². The molecular formula is C14H29N3. The first-order valence-corrected chi connectivity index (χ1v) is 7.45. The van der Waals surface area contributed by atoms with Crippen LogP contribution < -0.4 is 5.73 Å². The van der Waals surface area contributed by atoms with Gasteiger partial charge >= 0.3 is 0 Å². The molecule has 0 aromatic carbocycles. The van der Waals surface area contributed by atoms with Crippen molar-refractivity contribution in [3.63, 3.8) is 0 Å². The van der Waals surface area contributed by atoms with Crippen molar-refractivity contribution < 1.29 is 0 Å². The molecule has 0 saturated carbocycles. The van der Waals surface area contributed by atoms with Gasteiger partial charge in [0.1, 0.15) is 0 Å². The zero-order valence-corrected chi connectivity index (χ0v) is 11.4. The van der Waals surface area contributed by atoms with Crippen LogP contribution in [0.2, 0.25) is 0 Å². The predicted octanol–water partition coefficient (Wildman–Crippen LogP) is 1.67. The first-order chi connectivity index (χ1) is 8.31. The van der Waals surface area contributed by atoms with Crippen molar-refractivity contribution in [1.29, 1.82) is 0 Å². The summed E-state index contributed by atoms with van der Waals surface area (Å²) < 4.78 is 0. The Bertz CT molecular complexity index is 218. The normalized spacial score (nSPS) is 33.5. The fourth-order valence-corrected chi connectivity index (χ4v) is 3.56. The van der Waals surface area contributed by atoms with Crippen LogP contribution in [-0.4, -0.2) is 55.1 Å². The lowest BCUT2D eigenvalue weighted by Crippen LogP contribution is -2.47. The molecule has 2 unspecified atom stereocenters. The fourth-order valence-electron chi connectivity index (χ4n) is 3.56. The summed E-state index contributed by atoms with van der Waals surface area (Å²) in [4.78, 5) is 5.29. The van der Waals surface area contributed by atoms with Gasteiger partial charge in [0.25, 0.3) is 0 Å². The van der Waals surface area contributed by atoms with E-state index in [1.165, 1.54) is 64.6 Å². The molecule has 2 atom stereocenters. The standard InChI is InChI=1S/C14H29N3/c1-16-10-4-6-14(8-12-16)17-11-3-2-5-13(17)7-9-15/h13-14H,2-12,15H2,1H3. The van der Waals surface area contributed by atoms with Crippen molar-refractivity contribution in [3.05, 3.63) is 0 Å². The van der Waals surface area contributed by atoms with Gasteiger partial charge in [-0.15, -0.1) is 0 Å². The molecule has 2 aliphatic rings. The van der Waals surface area contributed by atoms with Crippen molar-refractivity contribution in [2.75, 3.05) is 33.2 Å². The SMILES string of the molecule is CN1CCCC(N2CCCCC2CCN)CC1. The lowest BCUT2D eigenvalue weighted by Gasteiger charge is -2.41. The first-order valence-electron chi connectivity index (χ1n) is 7.45. The van der Waals surface area contributed by atoms with Crippen molar-refractivity contribution in [2.24, 2.45) is 5.73 Å². The fraction of sp³-hybridized carbons (Fsp3) is 1.00. The van der Waals surface area contributed by atoms with Gasteiger partial charge in [-0.1, -0.05) is 6.42 Å². The van der Waals surface area contributed by atoms with Gasteiger partial charge in [-0.3, -0.25) is 4.90 Å². The summed E-state index contributed by atoms with van der Waals surface area (Å²) in [6, 6.07) is 1.61. The lowest BCUT2D eigenvalue weighted by atomic mass is 9.95. The molecule has 0 aliphatic carbocycles. The van der Waals surface area contributed by atoms with Crippen molar-refractivity contribution in [3.8, 4) is 0 Å². The topological polar surface area (TPSA) is 32.5 Å². The molecule has 0 aromatic heterocycles. The minimum atomic E-state index is 0.780. The Kier molecular flexibility index (Phi) is 5.26. The van der Waals surface area contributed by atoms with Crippen LogP contribution in [0.25, 0.3) is 0 Å². The van der Waals surface area contributed by atoms with Crippen molar-refractivity contribution in [2.45, 2.75) is 57.0 Å². The van der Waals surface area contributed by atoms with E-state index in [0.29, 0.717) is 0 Å². The Morgan fingerprint density at radius 1 is 1.00 bits per heavy atom. The van der Waals surface area contributed by atoms with E-state index in [-0.39, 0.29) is 0 Å². The van der Waals surface area contributed by atoms with E-state index in [9.17, 15) is 0 Å². The summed E-state index contributed by atoms with van der Waals surface area (Å²) in [5.74, 6) is 0. The van der Waals surface area contributed by atoms with Crippen LogP contribution in [0.5, 0.6) is 0 Å². The summed E-state index contributed by atoms with van der Waals surface area (Å²) in [5.41, 5.74) is 5.77. The van der Waals surface area contributed by atoms with E-state index in [2.05, 4.69) is 16.8 Å². The van der Waals surface area contributed by atoms with Gasteiger partial charge in [-0.05, 0) is 71.8 Å². The molecule has 0 bridgehead atoms. The molecule has 2 aliphatic heterocycles. The molecule has 0 radical (unpaired) electrons. The maximum absolute atomic E-state index is 5.77. The maximum atomic E-state index is 5.77. The quantitative estimate of drug-likeness (QED) is 0.813. The molecule has 2 N–H and O–H groups in total. The van der Waals surface area contributed by atoms with Crippen molar-refractivity contribution >= 4 is 0 Å². The molecule has 100 valence electrons. The largest absolute Gasteiger partial charge is 0.330 e. The summed E-state index contributed by atoms with van der Waals surface area (Å²) in [5, 5.41) is 0. The number of rotatable bonds is 3. The summed E-state index contributed by atoms with van der Waals surface area (Å²) in [6.45, 7) is 4.73. The number of likely N-dealkylation sites (tertiary alicyclic amines) is 2. The minimum absolute atomic E-state index is 0.780. The highest BCUT2D eigenvalue weighted by Crippen LogP contribution is 2.26. The Balaban J connectivity index is 1.92. The van der Waals surface area contributed by atoms with Gasteiger partial charge in [0.2, 0.25) is 0 Å². The molecule has 0 spiro atoms. The van der Waals surface area contributed by atoms with E-state index in [4.69, 9.17) is 5.73 Å². The van der Waals surface area contributed by atoms with Crippen LogP contribution in [0, 0.1) is 0 Å². The van der Waals surface area contributed by atoms with Crippen LogP contribution >= 0.6 is 0 Å².